The number of aromatic nitrogens is 1. The lowest BCUT2D eigenvalue weighted by Gasteiger charge is -2.28. The maximum absolute atomic E-state index is 12.7. The summed E-state index contributed by atoms with van der Waals surface area (Å²) in [6.45, 7) is 4.10. The van der Waals surface area contributed by atoms with Gasteiger partial charge in [-0.2, -0.15) is 0 Å². The maximum Gasteiger partial charge on any atom is 0.341 e. The van der Waals surface area contributed by atoms with E-state index in [-0.39, 0.29) is 11.6 Å². The van der Waals surface area contributed by atoms with Crippen LogP contribution in [0.15, 0.2) is 41.3 Å². The average molecular weight is 362 g/mol. The largest absolute Gasteiger partial charge is 0.489 e. The molecule has 1 atom stereocenters. The highest BCUT2D eigenvalue weighted by atomic mass is 16.5. The summed E-state index contributed by atoms with van der Waals surface area (Å²) in [4.78, 5) is 24.2. The number of nitrogens with zero attached hydrogens (tertiary/aromatic N) is 1. The Balaban J connectivity index is 1.81. The van der Waals surface area contributed by atoms with E-state index in [4.69, 9.17) is 4.74 Å². The Morgan fingerprint density at radius 3 is 2.85 bits per heavy atom. The van der Waals surface area contributed by atoms with Gasteiger partial charge in [0.2, 0.25) is 5.43 Å². The lowest BCUT2D eigenvalue weighted by atomic mass is 9.97. The van der Waals surface area contributed by atoms with Crippen LogP contribution in [0.25, 0.3) is 22.0 Å². The molecule has 2 aliphatic rings. The average Bonchev–Trinajstić information content (AvgIpc) is 3.13. The van der Waals surface area contributed by atoms with Gasteiger partial charge in [-0.1, -0.05) is 12.1 Å². The summed E-state index contributed by atoms with van der Waals surface area (Å²) < 4.78 is 7.90. The zero-order valence-electron chi connectivity index (χ0n) is 14.8. The number of nitrogens with one attached hydrogen (secondary N) is 1. The van der Waals surface area contributed by atoms with Crippen molar-refractivity contribution < 1.29 is 14.6 Å². The van der Waals surface area contributed by atoms with Crippen molar-refractivity contribution in [1.29, 1.82) is 0 Å². The van der Waals surface area contributed by atoms with Crippen LogP contribution in [0.1, 0.15) is 34.5 Å². The lowest BCUT2D eigenvalue weighted by Crippen LogP contribution is -2.26. The van der Waals surface area contributed by atoms with Gasteiger partial charge in [0.25, 0.3) is 0 Å². The molecule has 136 valence electrons. The number of hydrogen-bond donors (Lipinski definition) is 2. The van der Waals surface area contributed by atoms with E-state index in [1.807, 2.05) is 17.6 Å². The van der Waals surface area contributed by atoms with Crippen molar-refractivity contribution in [3.63, 3.8) is 0 Å². The van der Waals surface area contributed by atoms with Gasteiger partial charge in [-0.25, -0.2) is 4.79 Å². The SMILES string of the molecule is C[C@H]1COc2c(-c3ccc4c(c3)CNC4)ccc3c(=O)c(C(=O)O)cn1c23. The minimum atomic E-state index is -1.21. The molecule has 3 heterocycles. The van der Waals surface area contributed by atoms with Crippen LogP contribution in [0.3, 0.4) is 0 Å². The number of ether oxygens (including phenoxy) is 1. The van der Waals surface area contributed by atoms with Crippen LogP contribution >= 0.6 is 0 Å². The highest BCUT2D eigenvalue weighted by Gasteiger charge is 2.26. The molecular weight excluding hydrogens is 344 g/mol. The Bertz CT molecular complexity index is 1180. The van der Waals surface area contributed by atoms with Crippen LogP contribution in [0.2, 0.25) is 0 Å². The molecule has 2 N–H and O–H groups in total. The number of rotatable bonds is 2. The molecule has 27 heavy (non-hydrogen) atoms. The number of fused-ring (bicyclic) bond motifs is 1. The fourth-order valence-corrected chi connectivity index (χ4v) is 4.04. The first-order valence-electron chi connectivity index (χ1n) is 8.95. The molecule has 0 bridgehead atoms. The summed E-state index contributed by atoms with van der Waals surface area (Å²) in [5.74, 6) is -0.563. The van der Waals surface area contributed by atoms with Crippen molar-refractivity contribution in [2.24, 2.45) is 0 Å². The smallest absolute Gasteiger partial charge is 0.341 e. The van der Waals surface area contributed by atoms with E-state index in [2.05, 4.69) is 23.5 Å². The molecule has 2 aliphatic heterocycles. The first-order valence-corrected chi connectivity index (χ1v) is 8.95. The second-order valence-electron chi connectivity index (χ2n) is 7.17. The van der Waals surface area contributed by atoms with Crippen molar-refractivity contribution in [2.45, 2.75) is 26.1 Å². The van der Waals surface area contributed by atoms with E-state index < -0.39 is 11.4 Å². The summed E-state index contributed by atoms with van der Waals surface area (Å²) in [7, 11) is 0. The standard InChI is InChI=1S/C21H18N2O4/c1-11-10-27-20-15(12-2-3-13-7-22-8-14(13)6-12)4-5-16-18(20)23(11)9-17(19(16)24)21(25)26/h2-6,9,11,22H,7-8,10H2,1H3,(H,25,26)/t11-/m0/s1. The second kappa shape index (κ2) is 5.69. The first-order chi connectivity index (χ1) is 13.0. The van der Waals surface area contributed by atoms with Gasteiger partial charge in [0.15, 0.2) is 5.75 Å². The van der Waals surface area contributed by atoms with Crippen molar-refractivity contribution in [3.8, 4) is 16.9 Å². The molecule has 1 aromatic heterocycles. The van der Waals surface area contributed by atoms with Gasteiger partial charge in [0.05, 0.1) is 16.9 Å². The third kappa shape index (κ3) is 2.30. The first kappa shape index (κ1) is 16.1. The van der Waals surface area contributed by atoms with Gasteiger partial charge in [0.1, 0.15) is 12.2 Å². The Hall–Kier alpha value is -3.12. The number of aromatic carboxylic acids is 1. The Kier molecular flexibility index (Phi) is 3.39. The van der Waals surface area contributed by atoms with Crippen molar-refractivity contribution >= 4 is 16.9 Å². The predicted molar refractivity (Wildman–Crippen MR) is 101 cm³/mol. The van der Waals surface area contributed by atoms with Gasteiger partial charge in [-0.3, -0.25) is 4.79 Å². The second-order valence-corrected chi connectivity index (χ2v) is 7.17. The van der Waals surface area contributed by atoms with E-state index in [1.165, 1.54) is 17.3 Å². The minimum absolute atomic E-state index is 0.0572. The third-order valence-corrected chi connectivity index (χ3v) is 5.47. The number of pyridine rings is 1. The number of hydrogen-bond acceptors (Lipinski definition) is 4. The van der Waals surface area contributed by atoms with Crippen LogP contribution in [0, 0.1) is 0 Å². The van der Waals surface area contributed by atoms with Crippen LogP contribution < -0.4 is 15.5 Å². The molecule has 0 saturated heterocycles. The molecule has 5 rings (SSSR count). The maximum atomic E-state index is 12.7. The lowest BCUT2D eigenvalue weighted by molar-refractivity contribution is 0.0694. The predicted octanol–water partition coefficient (Wildman–Crippen LogP) is 2.92. The molecule has 0 amide bonds. The molecule has 3 aromatic rings. The molecule has 0 fully saturated rings. The van der Waals surface area contributed by atoms with Crippen LogP contribution in [0.4, 0.5) is 0 Å². The molecular formula is C21H18N2O4. The van der Waals surface area contributed by atoms with E-state index in [0.717, 1.165) is 24.2 Å². The Morgan fingerprint density at radius 2 is 2.04 bits per heavy atom. The molecule has 0 aliphatic carbocycles. The molecule has 6 heteroatoms. The normalized spacial score (nSPS) is 17.6. The van der Waals surface area contributed by atoms with E-state index in [1.54, 1.807) is 6.07 Å². The topological polar surface area (TPSA) is 80.6 Å². The summed E-state index contributed by atoms with van der Waals surface area (Å²) in [5, 5.41) is 13.1. The Morgan fingerprint density at radius 1 is 1.22 bits per heavy atom. The number of benzene rings is 2. The van der Waals surface area contributed by atoms with E-state index in [9.17, 15) is 14.7 Å². The molecule has 0 spiro atoms. The fourth-order valence-electron chi connectivity index (χ4n) is 4.04. The van der Waals surface area contributed by atoms with Gasteiger partial charge in [-0.15, -0.1) is 0 Å². The molecule has 0 saturated carbocycles. The third-order valence-electron chi connectivity index (χ3n) is 5.47. The van der Waals surface area contributed by atoms with Crippen molar-refractivity contribution in [1.82, 2.24) is 9.88 Å². The van der Waals surface area contributed by atoms with Crippen LogP contribution in [-0.2, 0) is 13.1 Å². The highest BCUT2D eigenvalue weighted by Crippen LogP contribution is 2.40. The summed E-state index contributed by atoms with van der Waals surface area (Å²) in [6, 6.07) is 9.86. The number of carboxylic acids is 1. The summed E-state index contributed by atoms with van der Waals surface area (Å²) in [5.41, 5.74) is 4.50. The minimum Gasteiger partial charge on any atom is -0.489 e. The van der Waals surface area contributed by atoms with Gasteiger partial charge >= 0.3 is 5.97 Å². The molecule has 0 unspecified atom stereocenters. The van der Waals surface area contributed by atoms with Gasteiger partial charge in [-0.05, 0) is 41.8 Å². The monoisotopic (exact) mass is 362 g/mol. The fraction of sp³-hybridized carbons (Fsp3) is 0.238. The number of carboxylic acid groups (broad SMARTS) is 1. The highest BCUT2D eigenvalue weighted by molar-refractivity contribution is 5.97. The molecule has 6 nitrogen and oxygen atoms in total. The summed E-state index contributed by atoms with van der Waals surface area (Å²) in [6.07, 6.45) is 1.44. The molecule has 0 radical (unpaired) electrons. The van der Waals surface area contributed by atoms with Crippen molar-refractivity contribution in [3.05, 3.63) is 63.4 Å². The number of carbonyl (C=O) groups is 1. The van der Waals surface area contributed by atoms with Gasteiger partial charge in [0, 0.05) is 24.8 Å². The van der Waals surface area contributed by atoms with Crippen LogP contribution in [-0.4, -0.2) is 22.2 Å². The summed E-state index contributed by atoms with van der Waals surface area (Å²) >= 11 is 0. The van der Waals surface area contributed by atoms with Crippen molar-refractivity contribution in [2.75, 3.05) is 6.61 Å². The van der Waals surface area contributed by atoms with E-state index in [0.29, 0.717) is 23.3 Å². The van der Waals surface area contributed by atoms with Crippen LogP contribution in [0.5, 0.6) is 5.75 Å². The van der Waals surface area contributed by atoms with Gasteiger partial charge < -0.3 is 19.7 Å². The van der Waals surface area contributed by atoms with E-state index >= 15 is 0 Å². The zero-order valence-corrected chi connectivity index (χ0v) is 14.8. The quantitative estimate of drug-likeness (QED) is 0.733. The Labute approximate surface area is 155 Å². The zero-order chi connectivity index (χ0) is 18.7. The molecule has 2 aromatic carbocycles.